The maximum Gasteiger partial charge on any atom is 0.251 e. The smallest absolute Gasteiger partial charge is 0.251 e. The van der Waals surface area contributed by atoms with Crippen LogP contribution in [0.1, 0.15) is 10.4 Å². The minimum atomic E-state index is -3.37. The predicted octanol–water partition coefficient (Wildman–Crippen LogP) is 0.0291. The maximum absolute atomic E-state index is 13.0. The van der Waals surface area contributed by atoms with Gasteiger partial charge in [-0.2, -0.15) is 0 Å². The fourth-order valence-electron chi connectivity index (χ4n) is 1.32. The van der Waals surface area contributed by atoms with E-state index in [-0.39, 0.29) is 23.5 Å². The third-order valence-corrected chi connectivity index (χ3v) is 4.22. The topological polar surface area (TPSA) is 92.5 Å². The molecule has 0 aliphatic carbocycles. The number of rotatable bonds is 5. The zero-order chi connectivity index (χ0) is 14.6. The number of amides is 1. The number of benzene rings is 1. The maximum atomic E-state index is 13.0. The number of nitrogen functional groups attached to an aromatic ring is 1. The van der Waals surface area contributed by atoms with Gasteiger partial charge in [0, 0.05) is 31.9 Å². The lowest BCUT2D eigenvalue weighted by molar-refractivity contribution is 0.0955. The van der Waals surface area contributed by atoms with E-state index < -0.39 is 21.7 Å². The van der Waals surface area contributed by atoms with Crippen molar-refractivity contribution in [1.82, 2.24) is 9.62 Å². The Morgan fingerprint density at radius 3 is 2.53 bits per heavy atom. The van der Waals surface area contributed by atoms with E-state index in [1.807, 2.05) is 0 Å². The summed E-state index contributed by atoms with van der Waals surface area (Å²) in [6, 6.07) is 3.44. The Kier molecular flexibility index (Phi) is 4.84. The summed E-state index contributed by atoms with van der Waals surface area (Å²) in [5.74, 6) is -1.41. The van der Waals surface area contributed by atoms with Crippen LogP contribution in [0.3, 0.4) is 0 Å². The summed E-state index contributed by atoms with van der Waals surface area (Å²) in [6.45, 7) is -0.0598. The van der Waals surface area contributed by atoms with Gasteiger partial charge in [0.05, 0.1) is 5.75 Å². The molecule has 1 rings (SSSR count). The number of halogens is 1. The third kappa shape index (κ3) is 4.49. The van der Waals surface area contributed by atoms with Gasteiger partial charge >= 0.3 is 0 Å². The monoisotopic (exact) mass is 289 g/mol. The molecular weight excluding hydrogens is 273 g/mol. The highest BCUT2D eigenvalue weighted by atomic mass is 32.2. The molecule has 6 nitrogen and oxygen atoms in total. The molecule has 0 atom stereocenters. The van der Waals surface area contributed by atoms with E-state index >= 15 is 0 Å². The SMILES string of the molecule is CN(C)S(=O)(=O)CCNC(=O)c1cc(N)cc(F)c1. The molecule has 0 fully saturated rings. The van der Waals surface area contributed by atoms with Crippen LogP contribution >= 0.6 is 0 Å². The normalized spacial score (nSPS) is 11.6. The largest absolute Gasteiger partial charge is 0.399 e. The van der Waals surface area contributed by atoms with Crippen molar-refractivity contribution >= 4 is 21.6 Å². The summed E-state index contributed by atoms with van der Waals surface area (Å²) in [5.41, 5.74) is 5.60. The Hall–Kier alpha value is -1.67. The molecule has 1 aromatic carbocycles. The van der Waals surface area contributed by atoms with E-state index in [4.69, 9.17) is 5.73 Å². The average Bonchev–Trinajstić information content (AvgIpc) is 2.27. The summed E-state index contributed by atoms with van der Waals surface area (Å²) in [6.07, 6.45) is 0. The summed E-state index contributed by atoms with van der Waals surface area (Å²) in [7, 11) is -0.558. The Balaban J connectivity index is 2.62. The average molecular weight is 289 g/mol. The van der Waals surface area contributed by atoms with Crippen molar-refractivity contribution in [3.63, 3.8) is 0 Å². The van der Waals surface area contributed by atoms with Crippen LogP contribution in [-0.2, 0) is 10.0 Å². The van der Waals surface area contributed by atoms with E-state index in [1.165, 1.54) is 20.2 Å². The molecule has 8 heteroatoms. The van der Waals surface area contributed by atoms with Crippen LogP contribution < -0.4 is 11.1 Å². The lowest BCUT2D eigenvalue weighted by Crippen LogP contribution is -2.34. The van der Waals surface area contributed by atoms with Crippen molar-refractivity contribution in [3.8, 4) is 0 Å². The van der Waals surface area contributed by atoms with E-state index in [0.29, 0.717) is 0 Å². The molecule has 0 aliphatic heterocycles. The van der Waals surface area contributed by atoms with Gasteiger partial charge in [0.15, 0.2) is 0 Å². The minimum Gasteiger partial charge on any atom is -0.399 e. The number of nitrogens with zero attached hydrogens (tertiary/aromatic N) is 1. The quantitative estimate of drug-likeness (QED) is 0.748. The standard InChI is InChI=1S/C11H16FN3O3S/c1-15(2)19(17,18)4-3-14-11(16)8-5-9(12)7-10(13)6-8/h5-7H,3-4,13H2,1-2H3,(H,14,16). The van der Waals surface area contributed by atoms with E-state index in [0.717, 1.165) is 16.4 Å². The molecule has 0 unspecified atom stereocenters. The van der Waals surface area contributed by atoms with Crippen LogP contribution in [0, 0.1) is 5.82 Å². The highest BCUT2D eigenvalue weighted by Gasteiger charge is 2.14. The molecular formula is C11H16FN3O3S. The molecule has 0 aromatic heterocycles. The first-order valence-electron chi connectivity index (χ1n) is 5.47. The Morgan fingerprint density at radius 2 is 2.00 bits per heavy atom. The summed E-state index contributed by atoms with van der Waals surface area (Å²) >= 11 is 0. The van der Waals surface area contributed by atoms with Gasteiger partial charge in [0.1, 0.15) is 5.82 Å². The van der Waals surface area contributed by atoms with Gasteiger partial charge in [-0.25, -0.2) is 17.1 Å². The van der Waals surface area contributed by atoms with Gasteiger partial charge in [0.2, 0.25) is 10.0 Å². The number of sulfonamides is 1. The molecule has 0 spiro atoms. The van der Waals surface area contributed by atoms with Crippen molar-refractivity contribution in [1.29, 1.82) is 0 Å². The second kappa shape index (κ2) is 5.98. The molecule has 1 aromatic rings. The minimum absolute atomic E-state index is 0.0553. The Bertz CT molecular complexity index is 552. The number of carbonyl (C=O) groups excluding carboxylic acids is 1. The fourth-order valence-corrected chi connectivity index (χ4v) is 2.05. The summed E-state index contributed by atoms with van der Waals surface area (Å²) in [5, 5.41) is 2.40. The number of hydrogen-bond donors (Lipinski definition) is 2. The second-order valence-corrected chi connectivity index (χ2v) is 6.43. The number of carbonyl (C=O) groups is 1. The van der Waals surface area contributed by atoms with Gasteiger partial charge in [-0.05, 0) is 18.2 Å². The highest BCUT2D eigenvalue weighted by Crippen LogP contribution is 2.10. The number of nitrogens with one attached hydrogen (secondary N) is 1. The Labute approximate surface area is 111 Å². The first-order chi connectivity index (χ1) is 8.72. The molecule has 0 aliphatic rings. The van der Waals surface area contributed by atoms with Crippen LogP contribution in [0.15, 0.2) is 18.2 Å². The van der Waals surface area contributed by atoms with Gasteiger partial charge in [-0.3, -0.25) is 4.79 Å². The van der Waals surface area contributed by atoms with Crippen molar-refractivity contribution in [2.75, 3.05) is 32.1 Å². The van der Waals surface area contributed by atoms with Crippen molar-refractivity contribution in [2.45, 2.75) is 0 Å². The summed E-state index contributed by atoms with van der Waals surface area (Å²) in [4.78, 5) is 11.7. The molecule has 1 amide bonds. The van der Waals surface area contributed by atoms with E-state index in [1.54, 1.807) is 0 Å². The highest BCUT2D eigenvalue weighted by molar-refractivity contribution is 7.89. The van der Waals surface area contributed by atoms with Crippen LogP contribution in [0.25, 0.3) is 0 Å². The molecule has 3 N–H and O–H groups in total. The van der Waals surface area contributed by atoms with Crippen molar-refractivity contribution < 1.29 is 17.6 Å². The lowest BCUT2D eigenvalue weighted by Gasteiger charge is -2.11. The Morgan fingerprint density at radius 1 is 1.37 bits per heavy atom. The van der Waals surface area contributed by atoms with E-state index in [9.17, 15) is 17.6 Å². The van der Waals surface area contributed by atoms with Crippen molar-refractivity contribution in [2.24, 2.45) is 0 Å². The van der Waals surface area contributed by atoms with Gasteiger partial charge < -0.3 is 11.1 Å². The first-order valence-corrected chi connectivity index (χ1v) is 7.08. The zero-order valence-corrected chi connectivity index (χ0v) is 11.5. The second-order valence-electron chi connectivity index (χ2n) is 4.13. The van der Waals surface area contributed by atoms with E-state index in [2.05, 4.69) is 5.32 Å². The third-order valence-electron chi connectivity index (χ3n) is 2.38. The lowest BCUT2D eigenvalue weighted by atomic mass is 10.2. The first kappa shape index (κ1) is 15.4. The number of hydrogen-bond acceptors (Lipinski definition) is 4. The number of anilines is 1. The molecule has 0 saturated heterocycles. The fraction of sp³-hybridized carbons (Fsp3) is 0.364. The van der Waals surface area contributed by atoms with Gasteiger partial charge in [-0.15, -0.1) is 0 Å². The predicted molar refractivity (Wildman–Crippen MR) is 70.6 cm³/mol. The molecule has 0 saturated carbocycles. The number of nitrogens with two attached hydrogens (primary N) is 1. The molecule has 0 radical (unpaired) electrons. The summed E-state index contributed by atoms with van der Waals surface area (Å²) < 4.78 is 37.0. The molecule has 0 heterocycles. The van der Waals surface area contributed by atoms with Crippen LogP contribution in [0.2, 0.25) is 0 Å². The molecule has 19 heavy (non-hydrogen) atoms. The van der Waals surface area contributed by atoms with Crippen LogP contribution in [0.4, 0.5) is 10.1 Å². The van der Waals surface area contributed by atoms with Gasteiger partial charge in [0.25, 0.3) is 5.91 Å². The molecule has 106 valence electrons. The van der Waals surface area contributed by atoms with Crippen molar-refractivity contribution in [3.05, 3.63) is 29.6 Å². The van der Waals surface area contributed by atoms with Crippen LogP contribution in [-0.4, -0.2) is 45.0 Å². The molecule has 0 bridgehead atoms. The zero-order valence-electron chi connectivity index (χ0n) is 10.7. The van der Waals surface area contributed by atoms with Gasteiger partial charge in [-0.1, -0.05) is 0 Å². The van der Waals surface area contributed by atoms with Crippen LogP contribution in [0.5, 0.6) is 0 Å².